The van der Waals surface area contributed by atoms with Gasteiger partial charge in [-0.25, -0.2) is 0 Å². The van der Waals surface area contributed by atoms with Crippen LogP contribution in [0.4, 0.5) is 5.69 Å². The molecule has 0 radical (unpaired) electrons. The highest BCUT2D eigenvalue weighted by Crippen LogP contribution is 2.17. The number of aliphatic imine (C=N–C) groups is 1. The number of rotatable bonds is 6. The zero-order valence-electron chi connectivity index (χ0n) is 15.8. The van der Waals surface area contributed by atoms with E-state index in [0.29, 0.717) is 0 Å². The summed E-state index contributed by atoms with van der Waals surface area (Å²) in [5.41, 5.74) is 2.63. The van der Waals surface area contributed by atoms with E-state index in [9.17, 15) is 0 Å². The Balaban J connectivity index is 1.39. The van der Waals surface area contributed by atoms with Gasteiger partial charge in [-0.3, -0.25) is 4.99 Å². The highest BCUT2D eigenvalue weighted by atomic mass is 15.3. The lowest BCUT2D eigenvalue weighted by Crippen LogP contribution is -2.52. The molecule has 1 saturated heterocycles. The summed E-state index contributed by atoms with van der Waals surface area (Å²) in [5, 5.41) is 11.1. The molecule has 1 fully saturated rings. The summed E-state index contributed by atoms with van der Waals surface area (Å²) >= 11 is 0. The van der Waals surface area contributed by atoms with Crippen molar-refractivity contribution in [2.45, 2.75) is 26.3 Å². The third kappa shape index (κ3) is 4.97. The second-order valence-corrected chi connectivity index (χ2v) is 6.69. The summed E-state index contributed by atoms with van der Waals surface area (Å²) < 4.78 is 2.01. The second-order valence-electron chi connectivity index (χ2n) is 6.69. The van der Waals surface area contributed by atoms with Gasteiger partial charge in [-0.2, -0.15) is 0 Å². The fraction of sp³-hybridized carbons (Fsp3) is 0.526. The van der Waals surface area contributed by atoms with E-state index in [1.807, 2.05) is 11.6 Å². The van der Waals surface area contributed by atoms with Crippen LogP contribution in [0.3, 0.4) is 0 Å². The van der Waals surface area contributed by atoms with Crippen LogP contribution in [-0.4, -0.2) is 65.4 Å². The van der Waals surface area contributed by atoms with Crippen LogP contribution < -0.4 is 10.2 Å². The van der Waals surface area contributed by atoms with Crippen LogP contribution in [-0.2, 0) is 6.54 Å². The number of hydrogen-bond acceptors (Lipinski definition) is 4. The van der Waals surface area contributed by atoms with Crippen molar-refractivity contribution in [3.05, 3.63) is 42.5 Å². The monoisotopic (exact) mass is 355 g/mol. The number of aromatic nitrogens is 3. The Hall–Kier alpha value is -2.57. The molecule has 0 aliphatic carbocycles. The molecule has 1 aliphatic heterocycles. The van der Waals surface area contributed by atoms with Gasteiger partial charge in [0.05, 0.1) is 0 Å². The molecule has 0 spiro atoms. The third-order valence-electron chi connectivity index (χ3n) is 4.75. The van der Waals surface area contributed by atoms with Crippen molar-refractivity contribution in [2.24, 2.45) is 4.99 Å². The Morgan fingerprint density at radius 3 is 2.58 bits per heavy atom. The van der Waals surface area contributed by atoms with Gasteiger partial charge in [-0.05, 0) is 37.5 Å². The summed E-state index contributed by atoms with van der Waals surface area (Å²) in [6.45, 7) is 8.09. The third-order valence-corrected chi connectivity index (χ3v) is 4.75. The van der Waals surface area contributed by atoms with E-state index in [-0.39, 0.29) is 0 Å². The van der Waals surface area contributed by atoms with Crippen molar-refractivity contribution in [1.82, 2.24) is 25.0 Å². The van der Waals surface area contributed by atoms with Crippen molar-refractivity contribution < 1.29 is 0 Å². The molecule has 140 valence electrons. The topological polar surface area (TPSA) is 61.6 Å². The van der Waals surface area contributed by atoms with E-state index >= 15 is 0 Å². The molecule has 2 aromatic rings. The first kappa shape index (κ1) is 18.2. The summed E-state index contributed by atoms with van der Waals surface area (Å²) in [6.07, 6.45) is 5.73. The number of nitrogens with zero attached hydrogens (tertiary/aromatic N) is 6. The van der Waals surface area contributed by atoms with Crippen LogP contribution in [0, 0.1) is 6.92 Å². The Morgan fingerprint density at radius 2 is 1.88 bits per heavy atom. The first-order valence-corrected chi connectivity index (χ1v) is 9.36. The molecule has 2 heterocycles. The first-order valence-electron chi connectivity index (χ1n) is 9.36. The van der Waals surface area contributed by atoms with E-state index in [2.05, 4.69) is 61.5 Å². The molecule has 7 nitrogen and oxygen atoms in total. The average molecular weight is 355 g/mol. The van der Waals surface area contributed by atoms with Crippen molar-refractivity contribution in [3.63, 3.8) is 0 Å². The smallest absolute Gasteiger partial charge is 0.193 e. The largest absolute Gasteiger partial charge is 0.368 e. The fourth-order valence-electron chi connectivity index (χ4n) is 3.29. The van der Waals surface area contributed by atoms with Crippen molar-refractivity contribution >= 4 is 11.6 Å². The van der Waals surface area contributed by atoms with E-state index in [0.717, 1.165) is 58.1 Å². The molecule has 1 aliphatic rings. The lowest BCUT2D eigenvalue weighted by atomic mass is 10.2. The predicted octanol–water partition coefficient (Wildman–Crippen LogP) is 1.76. The Morgan fingerprint density at radius 1 is 1.12 bits per heavy atom. The number of nitrogens with one attached hydrogen (secondary N) is 1. The Bertz CT molecular complexity index is 688. The van der Waals surface area contributed by atoms with Crippen molar-refractivity contribution in [1.29, 1.82) is 0 Å². The fourth-order valence-corrected chi connectivity index (χ4v) is 3.29. The number of benzene rings is 1. The molecule has 1 aromatic heterocycles. The van der Waals surface area contributed by atoms with Gasteiger partial charge in [0.25, 0.3) is 0 Å². The minimum atomic E-state index is 0.937. The number of anilines is 1. The maximum Gasteiger partial charge on any atom is 0.193 e. The summed E-state index contributed by atoms with van der Waals surface area (Å²) in [5.74, 6) is 1.01. The van der Waals surface area contributed by atoms with Crippen LogP contribution in [0.5, 0.6) is 0 Å². The van der Waals surface area contributed by atoms with Crippen molar-refractivity contribution in [2.75, 3.05) is 44.7 Å². The normalized spacial score (nSPS) is 15.4. The van der Waals surface area contributed by atoms with E-state index in [1.54, 1.807) is 12.7 Å². The van der Waals surface area contributed by atoms with E-state index < -0.39 is 0 Å². The molecule has 0 saturated carbocycles. The molecule has 0 bridgehead atoms. The number of piperazine rings is 1. The molecule has 0 atom stereocenters. The van der Waals surface area contributed by atoms with Crippen LogP contribution in [0.1, 0.15) is 18.4 Å². The minimum absolute atomic E-state index is 0.937. The molecule has 0 unspecified atom stereocenters. The van der Waals surface area contributed by atoms with Crippen LogP contribution in [0.15, 0.2) is 41.9 Å². The highest BCUT2D eigenvalue weighted by Gasteiger charge is 2.19. The van der Waals surface area contributed by atoms with Crippen molar-refractivity contribution in [3.8, 4) is 0 Å². The molecule has 0 amide bonds. The molecular weight excluding hydrogens is 326 g/mol. The predicted molar refractivity (Wildman–Crippen MR) is 106 cm³/mol. The standard InChI is InChI=1S/C19H29N7/c1-17-6-5-7-18(14-17)25-10-12-26(13-11-25)19(20-2)21-8-3-4-9-24-15-22-23-16-24/h5-7,14-16H,3-4,8-13H2,1-2H3,(H,20,21). The van der Waals surface area contributed by atoms with Gasteiger partial charge in [0.15, 0.2) is 5.96 Å². The molecule has 1 aromatic carbocycles. The molecule has 26 heavy (non-hydrogen) atoms. The summed E-state index contributed by atoms with van der Waals surface area (Å²) in [7, 11) is 1.87. The van der Waals surface area contributed by atoms with Gasteiger partial charge in [0.2, 0.25) is 0 Å². The van der Waals surface area contributed by atoms with E-state index in [4.69, 9.17) is 0 Å². The molecule has 7 heteroatoms. The van der Waals surface area contributed by atoms with Gasteiger partial charge in [0, 0.05) is 52.0 Å². The quantitative estimate of drug-likeness (QED) is 0.486. The van der Waals surface area contributed by atoms with Crippen LogP contribution in [0.2, 0.25) is 0 Å². The summed E-state index contributed by atoms with van der Waals surface area (Å²) in [6, 6.07) is 8.75. The lowest BCUT2D eigenvalue weighted by molar-refractivity contribution is 0.372. The summed E-state index contributed by atoms with van der Waals surface area (Å²) in [4.78, 5) is 9.27. The zero-order chi connectivity index (χ0) is 18.2. The molecule has 1 N–H and O–H groups in total. The molecular formula is C19H29N7. The van der Waals surface area contributed by atoms with Gasteiger partial charge in [-0.1, -0.05) is 12.1 Å². The first-order chi connectivity index (χ1) is 12.8. The second kappa shape index (κ2) is 9.22. The minimum Gasteiger partial charge on any atom is -0.368 e. The van der Waals surface area contributed by atoms with Gasteiger partial charge < -0.3 is 19.7 Å². The number of aryl methyl sites for hydroxylation is 2. The van der Waals surface area contributed by atoms with Gasteiger partial charge >= 0.3 is 0 Å². The number of unbranched alkanes of at least 4 members (excludes halogenated alkanes) is 1. The van der Waals surface area contributed by atoms with Gasteiger partial charge in [-0.15, -0.1) is 10.2 Å². The Kier molecular flexibility index (Phi) is 6.46. The number of guanidine groups is 1. The molecule has 3 rings (SSSR count). The average Bonchev–Trinajstić information content (AvgIpc) is 3.18. The maximum absolute atomic E-state index is 4.46. The highest BCUT2D eigenvalue weighted by molar-refractivity contribution is 5.80. The zero-order valence-corrected chi connectivity index (χ0v) is 15.8. The SMILES string of the molecule is CN=C(NCCCCn1cnnc1)N1CCN(c2cccc(C)c2)CC1. The van der Waals surface area contributed by atoms with Crippen LogP contribution in [0.25, 0.3) is 0 Å². The maximum atomic E-state index is 4.46. The Labute approximate surface area is 155 Å². The van der Waals surface area contributed by atoms with Gasteiger partial charge in [0.1, 0.15) is 12.7 Å². The lowest BCUT2D eigenvalue weighted by Gasteiger charge is -2.37. The van der Waals surface area contributed by atoms with E-state index in [1.165, 1.54) is 11.3 Å². The number of hydrogen-bond donors (Lipinski definition) is 1. The van der Waals surface area contributed by atoms with Crippen LogP contribution >= 0.6 is 0 Å².